The normalized spacial score (nSPS) is 16.4. The van der Waals surface area contributed by atoms with Crippen LogP contribution in [0.15, 0.2) is 11.3 Å². The lowest BCUT2D eigenvalue weighted by molar-refractivity contribution is -0.136. The van der Waals surface area contributed by atoms with Crippen LogP contribution < -0.4 is 0 Å². The predicted octanol–water partition coefficient (Wildman–Crippen LogP) is 1.07. The number of carbonyl (C=O) groups excluding carboxylic acids is 1. The van der Waals surface area contributed by atoms with E-state index in [4.69, 9.17) is 10.00 Å². The average Bonchev–Trinajstić information content (AvgIpc) is 2.34. The molecule has 58 valence electrons. The van der Waals surface area contributed by atoms with Crippen LogP contribution in [0.2, 0.25) is 0 Å². The lowest BCUT2D eigenvalue weighted by Crippen LogP contribution is -2.00. The minimum atomic E-state index is -0.352. The van der Waals surface area contributed by atoms with Gasteiger partial charge < -0.3 is 4.74 Å². The van der Waals surface area contributed by atoms with Gasteiger partial charge in [-0.3, -0.25) is 4.79 Å². The van der Waals surface area contributed by atoms with E-state index >= 15 is 0 Å². The highest BCUT2D eigenvalue weighted by Gasteiger charge is 2.17. The molecule has 0 fully saturated rings. The first-order valence-corrected chi connectivity index (χ1v) is 4.28. The standard InChI is InChI=1S/C7H7NO2S/c1-5(9)10-7-4-11-3-6(7)2-8/h3-4H2,1H3. The predicted molar refractivity (Wildman–Crippen MR) is 41.7 cm³/mol. The van der Waals surface area contributed by atoms with Crippen molar-refractivity contribution in [1.82, 2.24) is 0 Å². The fraction of sp³-hybridized carbons (Fsp3) is 0.429. The Morgan fingerprint density at radius 3 is 3.00 bits per heavy atom. The van der Waals surface area contributed by atoms with Crippen molar-refractivity contribution in [2.24, 2.45) is 0 Å². The van der Waals surface area contributed by atoms with E-state index in [0.717, 1.165) is 0 Å². The van der Waals surface area contributed by atoms with Crippen LogP contribution in [0.5, 0.6) is 0 Å². The van der Waals surface area contributed by atoms with Crippen molar-refractivity contribution in [3.8, 4) is 6.07 Å². The molecule has 1 rings (SSSR count). The summed E-state index contributed by atoms with van der Waals surface area (Å²) in [4.78, 5) is 10.5. The lowest BCUT2D eigenvalue weighted by Gasteiger charge is -1.99. The van der Waals surface area contributed by atoms with Crippen LogP contribution in [-0.4, -0.2) is 17.5 Å². The molecule has 0 N–H and O–H groups in total. The highest BCUT2D eigenvalue weighted by atomic mass is 32.2. The third-order valence-corrected chi connectivity index (χ3v) is 2.18. The molecule has 0 saturated heterocycles. The van der Waals surface area contributed by atoms with Crippen LogP contribution in [0, 0.1) is 11.3 Å². The van der Waals surface area contributed by atoms with Crippen molar-refractivity contribution < 1.29 is 9.53 Å². The van der Waals surface area contributed by atoms with Gasteiger partial charge in [0.25, 0.3) is 0 Å². The summed E-state index contributed by atoms with van der Waals surface area (Å²) in [7, 11) is 0. The number of thioether (sulfide) groups is 1. The fourth-order valence-electron chi connectivity index (χ4n) is 0.773. The van der Waals surface area contributed by atoms with Crippen molar-refractivity contribution in [2.75, 3.05) is 11.5 Å². The third kappa shape index (κ3) is 1.99. The molecule has 0 radical (unpaired) electrons. The molecule has 0 amide bonds. The summed E-state index contributed by atoms with van der Waals surface area (Å²) < 4.78 is 4.81. The van der Waals surface area contributed by atoms with Gasteiger partial charge in [-0.1, -0.05) is 0 Å². The van der Waals surface area contributed by atoms with Gasteiger partial charge in [0.2, 0.25) is 0 Å². The van der Waals surface area contributed by atoms with E-state index in [1.165, 1.54) is 6.92 Å². The van der Waals surface area contributed by atoms with Crippen molar-refractivity contribution in [1.29, 1.82) is 5.26 Å². The molecule has 0 spiro atoms. The molecule has 0 unspecified atom stereocenters. The van der Waals surface area contributed by atoms with Gasteiger partial charge >= 0.3 is 5.97 Å². The summed E-state index contributed by atoms with van der Waals surface area (Å²) >= 11 is 1.58. The van der Waals surface area contributed by atoms with E-state index in [9.17, 15) is 4.79 Å². The van der Waals surface area contributed by atoms with Crippen molar-refractivity contribution in [3.05, 3.63) is 11.3 Å². The van der Waals surface area contributed by atoms with E-state index in [2.05, 4.69) is 0 Å². The van der Waals surface area contributed by atoms with E-state index in [1.54, 1.807) is 11.8 Å². The number of rotatable bonds is 1. The summed E-state index contributed by atoms with van der Waals surface area (Å²) in [5.41, 5.74) is 0.588. The molecule has 1 aliphatic heterocycles. The maximum Gasteiger partial charge on any atom is 0.307 e. The Morgan fingerprint density at radius 1 is 1.73 bits per heavy atom. The quantitative estimate of drug-likeness (QED) is 0.551. The number of esters is 1. The van der Waals surface area contributed by atoms with E-state index in [-0.39, 0.29) is 5.97 Å². The Hall–Kier alpha value is -0.950. The van der Waals surface area contributed by atoms with Gasteiger partial charge in [0.1, 0.15) is 5.76 Å². The molecular formula is C7H7NO2S. The van der Waals surface area contributed by atoms with Gasteiger partial charge in [-0.2, -0.15) is 5.26 Å². The first kappa shape index (κ1) is 8.15. The smallest absolute Gasteiger partial charge is 0.307 e. The Labute approximate surface area is 69.0 Å². The summed E-state index contributed by atoms with van der Waals surface area (Å²) in [6.07, 6.45) is 0. The van der Waals surface area contributed by atoms with Crippen LogP contribution in [0.3, 0.4) is 0 Å². The van der Waals surface area contributed by atoms with Crippen molar-refractivity contribution >= 4 is 17.7 Å². The minimum Gasteiger partial charge on any atom is -0.429 e. The summed E-state index contributed by atoms with van der Waals surface area (Å²) in [6.45, 7) is 1.34. The molecule has 0 saturated carbocycles. The highest BCUT2D eigenvalue weighted by Crippen LogP contribution is 2.24. The lowest BCUT2D eigenvalue weighted by atomic mass is 10.3. The summed E-state index contributed by atoms with van der Waals surface area (Å²) in [5.74, 6) is 1.49. The number of hydrogen-bond acceptors (Lipinski definition) is 4. The Kier molecular flexibility index (Phi) is 2.55. The molecule has 0 aromatic heterocycles. The van der Waals surface area contributed by atoms with Crippen LogP contribution in [0.1, 0.15) is 6.92 Å². The molecule has 1 heterocycles. The number of nitriles is 1. The van der Waals surface area contributed by atoms with E-state index < -0.39 is 0 Å². The Balaban J connectivity index is 2.69. The number of hydrogen-bond donors (Lipinski definition) is 0. The number of nitrogens with zero attached hydrogens (tertiary/aromatic N) is 1. The fourth-order valence-corrected chi connectivity index (χ4v) is 1.72. The van der Waals surface area contributed by atoms with Gasteiger partial charge in [0.05, 0.1) is 17.4 Å². The second-order valence-electron chi connectivity index (χ2n) is 2.10. The van der Waals surface area contributed by atoms with Gasteiger partial charge in [-0.05, 0) is 0 Å². The Bertz CT molecular complexity index is 252. The number of ether oxygens (including phenoxy) is 1. The molecule has 3 nitrogen and oxygen atoms in total. The zero-order valence-corrected chi connectivity index (χ0v) is 6.90. The summed E-state index contributed by atoms with van der Waals surface area (Å²) in [6, 6.07) is 2.00. The molecule has 0 aromatic rings. The first-order chi connectivity index (χ1) is 5.24. The van der Waals surface area contributed by atoms with Crippen molar-refractivity contribution in [3.63, 3.8) is 0 Å². The van der Waals surface area contributed by atoms with Crippen LogP contribution in [-0.2, 0) is 9.53 Å². The molecule has 0 aromatic carbocycles. The SMILES string of the molecule is CC(=O)OC1=C(C#N)CSC1. The van der Waals surface area contributed by atoms with E-state index in [1.807, 2.05) is 6.07 Å². The molecule has 11 heavy (non-hydrogen) atoms. The third-order valence-electron chi connectivity index (χ3n) is 1.22. The highest BCUT2D eigenvalue weighted by molar-refractivity contribution is 7.99. The van der Waals surface area contributed by atoms with Crippen LogP contribution in [0.25, 0.3) is 0 Å². The first-order valence-electron chi connectivity index (χ1n) is 3.12. The second kappa shape index (κ2) is 3.44. The Morgan fingerprint density at radius 2 is 2.45 bits per heavy atom. The maximum atomic E-state index is 10.5. The van der Waals surface area contributed by atoms with Gasteiger partial charge in [0, 0.05) is 12.7 Å². The van der Waals surface area contributed by atoms with Crippen LogP contribution in [0.4, 0.5) is 0 Å². The minimum absolute atomic E-state index is 0.352. The van der Waals surface area contributed by atoms with E-state index in [0.29, 0.717) is 22.8 Å². The average molecular weight is 169 g/mol. The summed E-state index contributed by atoms with van der Waals surface area (Å²) in [5, 5.41) is 8.54. The van der Waals surface area contributed by atoms with Gasteiger partial charge in [-0.25, -0.2) is 0 Å². The van der Waals surface area contributed by atoms with Gasteiger partial charge in [-0.15, -0.1) is 11.8 Å². The monoisotopic (exact) mass is 169 g/mol. The molecule has 1 aliphatic rings. The van der Waals surface area contributed by atoms with Crippen molar-refractivity contribution in [2.45, 2.75) is 6.92 Å². The maximum absolute atomic E-state index is 10.5. The molecule has 0 aliphatic carbocycles. The largest absolute Gasteiger partial charge is 0.429 e. The van der Waals surface area contributed by atoms with Crippen LogP contribution >= 0.6 is 11.8 Å². The molecular weight excluding hydrogens is 162 g/mol. The number of carbonyl (C=O) groups is 1. The zero-order chi connectivity index (χ0) is 8.27. The molecule has 4 heteroatoms. The molecule has 0 bridgehead atoms. The second-order valence-corrected chi connectivity index (χ2v) is 3.09. The topological polar surface area (TPSA) is 50.1 Å². The van der Waals surface area contributed by atoms with Gasteiger partial charge in [0.15, 0.2) is 0 Å². The molecule has 0 atom stereocenters. The zero-order valence-electron chi connectivity index (χ0n) is 6.09.